The van der Waals surface area contributed by atoms with Gasteiger partial charge in [0.25, 0.3) is 0 Å². The minimum absolute atomic E-state index is 0.303. The van der Waals surface area contributed by atoms with Crippen molar-refractivity contribution in [3.8, 4) is 11.1 Å². The van der Waals surface area contributed by atoms with Crippen LogP contribution in [0.5, 0.6) is 0 Å². The second-order valence-electron chi connectivity index (χ2n) is 10.6. The Morgan fingerprint density at radius 1 is 1.00 bits per heavy atom. The maximum absolute atomic E-state index is 11.7. The predicted octanol–water partition coefficient (Wildman–Crippen LogP) is 7.78. The van der Waals surface area contributed by atoms with Gasteiger partial charge in [0.05, 0.1) is 16.6 Å². The van der Waals surface area contributed by atoms with Gasteiger partial charge in [-0.2, -0.15) is 0 Å². The molecule has 41 heavy (non-hydrogen) atoms. The number of nitrogens with zero attached hydrogens (tertiary/aromatic N) is 2. The third-order valence-corrected chi connectivity index (χ3v) is 7.94. The lowest BCUT2D eigenvalue weighted by atomic mass is 9.98. The maximum atomic E-state index is 11.7. The largest absolute Gasteiger partial charge is 0.478 e. The van der Waals surface area contributed by atoms with Gasteiger partial charge in [-0.25, -0.2) is 9.78 Å². The molecule has 1 aromatic heterocycles. The minimum atomic E-state index is -0.924. The minimum Gasteiger partial charge on any atom is -0.478 e. The fourth-order valence-corrected chi connectivity index (χ4v) is 5.50. The van der Waals surface area contributed by atoms with E-state index >= 15 is 0 Å². The Labute approximate surface area is 246 Å². The molecule has 0 spiro atoms. The Hall–Kier alpha value is -4.29. The standard InChI is InChI=1S/C35H35N3O2S/c1-4-10-32-37-33-23(2)19-28(34(41)36-21-24(3)26-11-6-5-7-12-26)20-31(33)38(32)22-25-15-17-27(18-16-25)29-13-8-9-14-30(29)35(39)40/h5-9,11-20,24H,4,10,21-22H2,1-3H3,(H,36,41)(H,39,40)/t24-/m0/s1. The van der Waals surface area contributed by atoms with Crippen LogP contribution in [0.1, 0.15) is 64.6 Å². The van der Waals surface area contributed by atoms with Crippen molar-refractivity contribution >= 4 is 34.2 Å². The first-order valence-electron chi connectivity index (χ1n) is 14.1. The number of carbonyl (C=O) groups is 1. The van der Waals surface area contributed by atoms with E-state index in [4.69, 9.17) is 17.2 Å². The molecule has 0 fully saturated rings. The molecule has 0 saturated carbocycles. The van der Waals surface area contributed by atoms with E-state index in [2.05, 4.69) is 79.2 Å². The third-order valence-electron chi connectivity index (χ3n) is 7.56. The van der Waals surface area contributed by atoms with Gasteiger partial charge >= 0.3 is 5.97 Å². The number of fused-ring (bicyclic) bond motifs is 1. The lowest BCUT2D eigenvalue weighted by molar-refractivity contribution is 0.0697. The van der Waals surface area contributed by atoms with Gasteiger partial charge in [0.1, 0.15) is 10.8 Å². The van der Waals surface area contributed by atoms with Crippen LogP contribution >= 0.6 is 12.2 Å². The number of imidazole rings is 1. The topological polar surface area (TPSA) is 67.2 Å². The molecule has 0 unspecified atom stereocenters. The molecule has 5 rings (SSSR count). The van der Waals surface area contributed by atoms with Crippen LogP contribution in [-0.2, 0) is 13.0 Å². The zero-order valence-corrected chi connectivity index (χ0v) is 24.5. The second-order valence-corrected chi connectivity index (χ2v) is 11.0. The molecule has 0 aliphatic rings. The van der Waals surface area contributed by atoms with Crippen molar-refractivity contribution in [2.75, 3.05) is 6.54 Å². The van der Waals surface area contributed by atoms with Crippen LogP contribution in [0.15, 0.2) is 91.0 Å². The van der Waals surface area contributed by atoms with Crippen molar-refractivity contribution < 1.29 is 9.90 Å². The number of thiocarbonyl (C=S) groups is 1. The zero-order chi connectivity index (χ0) is 28.9. The summed E-state index contributed by atoms with van der Waals surface area (Å²) >= 11 is 5.85. The number of carboxylic acids is 1. The summed E-state index contributed by atoms with van der Waals surface area (Å²) in [5, 5.41) is 13.1. The van der Waals surface area contributed by atoms with Gasteiger partial charge in [-0.1, -0.05) is 98.9 Å². The summed E-state index contributed by atoms with van der Waals surface area (Å²) in [5.74, 6) is 0.470. The number of aromatic carboxylic acids is 1. The number of carboxylic acid groups (broad SMARTS) is 1. The van der Waals surface area contributed by atoms with E-state index in [0.717, 1.165) is 63.5 Å². The monoisotopic (exact) mass is 561 g/mol. The molecule has 1 atom stereocenters. The highest BCUT2D eigenvalue weighted by atomic mass is 32.1. The second kappa shape index (κ2) is 12.5. The van der Waals surface area contributed by atoms with E-state index in [-0.39, 0.29) is 0 Å². The number of nitrogens with one attached hydrogen (secondary N) is 1. The number of rotatable bonds is 10. The molecule has 0 aliphatic carbocycles. The van der Waals surface area contributed by atoms with Crippen LogP contribution in [0.25, 0.3) is 22.2 Å². The Bertz CT molecular complexity index is 1690. The molecule has 0 aliphatic heterocycles. The molecule has 1 heterocycles. The van der Waals surface area contributed by atoms with E-state index in [9.17, 15) is 9.90 Å². The Morgan fingerprint density at radius 2 is 1.71 bits per heavy atom. The van der Waals surface area contributed by atoms with E-state index in [1.165, 1.54) is 5.56 Å². The van der Waals surface area contributed by atoms with Crippen molar-refractivity contribution in [3.63, 3.8) is 0 Å². The quantitative estimate of drug-likeness (QED) is 0.170. The molecule has 6 heteroatoms. The van der Waals surface area contributed by atoms with Gasteiger partial charge in [0.15, 0.2) is 0 Å². The van der Waals surface area contributed by atoms with Crippen molar-refractivity contribution in [3.05, 3.63) is 125 Å². The summed E-state index contributed by atoms with van der Waals surface area (Å²) in [4.78, 5) is 17.5. The van der Waals surface area contributed by atoms with Crippen molar-refractivity contribution in [1.29, 1.82) is 0 Å². The molecule has 0 saturated heterocycles. The van der Waals surface area contributed by atoms with Gasteiger partial charge in [-0.15, -0.1) is 0 Å². The molecule has 4 aromatic carbocycles. The van der Waals surface area contributed by atoms with Gasteiger partial charge in [0, 0.05) is 25.1 Å². The van der Waals surface area contributed by atoms with Gasteiger partial charge in [-0.3, -0.25) is 0 Å². The number of hydrogen-bond donors (Lipinski definition) is 2. The first-order valence-corrected chi connectivity index (χ1v) is 14.5. The highest BCUT2D eigenvalue weighted by molar-refractivity contribution is 7.80. The normalized spacial score (nSPS) is 11.9. The smallest absolute Gasteiger partial charge is 0.336 e. The van der Waals surface area contributed by atoms with Crippen LogP contribution in [0.4, 0.5) is 0 Å². The van der Waals surface area contributed by atoms with Crippen LogP contribution in [0.3, 0.4) is 0 Å². The molecule has 2 N–H and O–H groups in total. The predicted molar refractivity (Wildman–Crippen MR) is 171 cm³/mol. The fraction of sp³-hybridized carbons (Fsp3) is 0.229. The van der Waals surface area contributed by atoms with Crippen molar-refractivity contribution in [2.24, 2.45) is 0 Å². The first-order chi connectivity index (χ1) is 19.9. The Morgan fingerprint density at radius 3 is 2.41 bits per heavy atom. The van der Waals surface area contributed by atoms with Crippen molar-refractivity contribution in [1.82, 2.24) is 14.9 Å². The van der Waals surface area contributed by atoms with E-state index in [1.807, 2.05) is 30.3 Å². The summed E-state index contributed by atoms with van der Waals surface area (Å²) in [5.41, 5.74) is 8.49. The molecule has 0 bridgehead atoms. The molecule has 5 aromatic rings. The Kier molecular flexibility index (Phi) is 8.60. The van der Waals surface area contributed by atoms with Gasteiger partial charge < -0.3 is 15.0 Å². The molecule has 0 radical (unpaired) electrons. The number of benzene rings is 4. The van der Waals surface area contributed by atoms with E-state index in [0.29, 0.717) is 23.6 Å². The molecular formula is C35H35N3O2S. The van der Waals surface area contributed by atoms with Crippen LogP contribution in [0, 0.1) is 6.92 Å². The van der Waals surface area contributed by atoms with E-state index < -0.39 is 5.97 Å². The lowest BCUT2D eigenvalue weighted by Gasteiger charge is -2.16. The first kappa shape index (κ1) is 28.2. The number of aryl methyl sites for hydroxylation is 2. The number of hydrogen-bond acceptors (Lipinski definition) is 3. The lowest BCUT2D eigenvalue weighted by Crippen LogP contribution is -2.26. The molecule has 5 nitrogen and oxygen atoms in total. The summed E-state index contributed by atoms with van der Waals surface area (Å²) in [7, 11) is 0. The van der Waals surface area contributed by atoms with Crippen LogP contribution in [0.2, 0.25) is 0 Å². The van der Waals surface area contributed by atoms with E-state index in [1.54, 1.807) is 12.1 Å². The fourth-order valence-electron chi connectivity index (χ4n) is 5.30. The molecule has 208 valence electrons. The average molecular weight is 562 g/mol. The highest BCUT2D eigenvalue weighted by Gasteiger charge is 2.16. The highest BCUT2D eigenvalue weighted by Crippen LogP contribution is 2.27. The SMILES string of the molecule is CCCc1nc2c(C)cc(C(=S)NC[C@H](C)c3ccccc3)cc2n1Cc1ccc(-c2ccccc2C(=O)O)cc1. The summed E-state index contributed by atoms with van der Waals surface area (Å²) < 4.78 is 2.30. The van der Waals surface area contributed by atoms with Crippen molar-refractivity contribution in [2.45, 2.75) is 46.1 Å². The summed E-state index contributed by atoms with van der Waals surface area (Å²) in [6.07, 6.45) is 1.88. The van der Waals surface area contributed by atoms with Crippen LogP contribution < -0.4 is 5.32 Å². The Balaban J connectivity index is 1.42. The molecule has 0 amide bonds. The summed E-state index contributed by atoms with van der Waals surface area (Å²) in [6, 6.07) is 30.0. The summed E-state index contributed by atoms with van der Waals surface area (Å²) in [6.45, 7) is 7.90. The number of aromatic nitrogens is 2. The van der Waals surface area contributed by atoms with Crippen LogP contribution in [-0.4, -0.2) is 32.2 Å². The average Bonchev–Trinajstić information content (AvgIpc) is 3.34. The van der Waals surface area contributed by atoms with Gasteiger partial charge in [0.2, 0.25) is 0 Å². The maximum Gasteiger partial charge on any atom is 0.336 e. The zero-order valence-electron chi connectivity index (χ0n) is 23.7. The third kappa shape index (κ3) is 6.23. The molecular weight excluding hydrogens is 526 g/mol. The van der Waals surface area contributed by atoms with Gasteiger partial charge in [-0.05, 0) is 65.3 Å².